The van der Waals surface area contributed by atoms with Crippen molar-refractivity contribution in [3.63, 3.8) is 0 Å². The summed E-state index contributed by atoms with van der Waals surface area (Å²) in [7, 11) is 0. The Morgan fingerprint density at radius 1 is 1.16 bits per heavy atom. The summed E-state index contributed by atoms with van der Waals surface area (Å²) in [6.45, 7) is 0.199. The van der Waals surface area contributed by atoms with E-state index in [0.29, 0.717) is 30.0 Å². The molecule has 0 unspecified atom stereocenters. The van der Waals surface area contributed by atoms with Crippen LogP contribution in [0.5, 0.6) is 11.5 Å². The van der Waals surface area contributed by atoms with Crippen LogP contribution in [0.3, 0.4) is 0 Å². The molecule has 0 saturated heterocycles. The molecule has 0 radical (unpaired) electrons. The number of amides is 2. The molecule has 0 saturated carbocycles. The summed E-state index contributed by atoms with van der Waals surface area (Å²) >= 11 is 0. The predicted molar refractivity (Wildman–Crippen MR) is 92.7 cm³/mol. The van der Waals surface area contributed by atoms with Crippen molar-refractivity contribution in [3.8, 4) is 11.5 Å². The third kappa shape index (κ3) is 3.28. The zero-order chi connectivity index (χ0) is 17.2. The van der Waals surface area contributed by atoms with Gasteiger partial charge >= 0.3 is 0 Å². The van der Waals surface area contributed by atoms with Gasteiger partial charge in [0, 0.05) is 29.8 Å². The number of hydrogen-bond acceptors (Lipinski definition) is 4. The second-order valence-electron chi connectivity index (χ2n) is 6.20. The largest absolute Gasteiger partial charge is 0.454 e. The third-order valence-electron chi connectivity index (χ3n) is 4.49. The van der Waals surface area contributed by atoms with E-state index in [2.05, 4.69) is 10.6 Å². The maximum absolute atomic E-state index is 12.2. The summed E-state index contributed by atoms with van der Waals surface area (Å²) in [6, 6.07) is 13.0. The molecule has 4 rings (SSSR count). The zero-order valence-electron chi connectivity index (χ0n) is 13.6. The number of para-hydroxylation sites is 1. The highest BCUT2D eigenvalue weighted by atomic mass is 16.7. The van der Waals surface area contributed by atoms with Crippen molar-refractivity contribution in [2.24, 2.45) is 5.92 Å². The fraction of sp³-hybridized carbons (Fsp3) is 0.263. The van der Waals surface area contributed by atoms with Gasteiger partial charge in [-0.1, -0.05) is 18.2 Å². The Hall–Kier alpha value is -3.02. The lowest BCUT2D eigenvalue weighted by atomic mass is 9.89. The van der Waals surface area contributed by atoms with Gasteiger partial charge in [-0.15, -0.1) is 0 Å². The number of nitrogens with one attached hydrogen (secondary N) is 2. The molecule has 2 heterocycles. The van der Waals surface area contributed by atoms with Gasteiger partial charge in [0.25, 0.3) is 0 Å². The minimum atomic E-state index is -0.183. The van der Waals surface area contributed by atoms with Crippen LogP contribution in [0, 0.1) is 5.92 Å². The highest BCUT2D eigenvalue weighted by Crippen LogP contribution is 2.34. The van der Waals surface area contributed by atoms with Crippen LogP contribution >= 0.6 is 0 Å². The fourth-order valence-electron chi connectivity index (χ4n) is 3.15. The molecule has 2 aromatic rings. The van der Waals surface area contributed by atoms with Crippen molar-refractivity contribution >= 4 is 23.2 Å². The number of hydrogen-bond donors (Lipinski definition) is 2. The Morgan fingerprint density at radius 2 is 2.00 bits per heavy atom. The molecule has 25 heavy (non-hydrogen) atoms. The number of anilines is 2. The van der Waals surface area contributed by atoms with Crippen LogP contribution in [0.4, 0.5) is 11.4 Å². The van der Waals surface area contributed by atoms with Gasteiger partial charge in [-0.25, -0.2) is 0 Å². The first-order valence-electron chi connectivity index (χ1n) is 8.27. The molecule has 2 aliphatic rings. The third-order valence-corrected chi connectivity index (χ3v) is 4.49. The van der Waals surface area contributed by atoms with Crippen LogP contribution in [0.2, 0.25) is 0 Å². The first-order valence-corrected chi connectivity index (χ1v) is 8.27. The predicted octanol–water partition coefficient (Wildman–Crippen LogP) is 2.95. The molecule has 2 aliphatic heterocycles. The van der Waals surface area contributed by atoms with Crippen molar-refractivity contribution < 1.29 is 19.1 Å². The van der Waals surface area contributed by atoms with Gasteiger partial charge in [-0.05, 0) is 36.6 Å². The van der Waals surface area contributed by atoms with Crippen molar-refractivity contribution in [2.75, 3.05) is 17.4 Å². The van der Waals surface area contributed by atoms with Gasteiger partial charge in [0.15, 0.2) is 11.5 Å². The van der Waals surface area contributed by atoms with E-state index >= 15 is 0 Å². The van der Waals surface area contributed by atoms with Crippen LogP contribution in [-0.4, -0.2) is 18.6 Å². The lowest BCUT2D eigenvalue weighted by molar-refractivity contribution is -0.121. The van der Waals surface area contributed by atoms with Crippen LogP contribution in [0.15, 0.2) is 42.5 Å². The van der Waals surface area contributed by atoms with E-state index in [-0.39, 0.29) is 30.9 Å². The van der Waals surface area contributed by atoms with Gasteiger partial charge in [0.2, 0.25) is 18.6 Å². The molecule has 0 aromatic heterocycles. The number of fused-ring (bicyclic) bond motifs is 2. The topological polar surface area (TPSA) is 76.7 Å². The Bertz CT molecular complexity index is 834. The van der Waals surface area contributed by atoms with Crippen LogP contribution in [0.1, 0.15) is 18.4 Å². The second kappa shape index (κ2) is 6.47. The molecule has 0 bridgehead atoms. The zero-order valence-corrected chi connectivity index (χ0v) is 13.6. The molecular weight excluding hydrogens is 320 g/mol. The van der Waals surface area contributed by atoms with E-state index in [0.717, 1.165) is 11.3 Å². The van der Waals surface area contributed by atoms with E-state index in [1.807, 2.05) is 24.3 Å². The summed E-state index contributed by atoms with van der Waals surface area (Å²) in [5, 5.41) is 5.75. The van der Waals surface area contributed by atoms with E-state index in [1.165, 1.54) is 0 Å². The molecule has 2 amide bonds. The molecule has 2 aromatic carbocycles. The average molecular weight is 338 g/mol. The van der Waals surface area contributed by atoms with Gasteiger partial charge in [0.1, 0.15) is 0 Å². The summed E-state index contributed by atoms with van der Waals surface area (Å²) in [6.07, 6.45) is 1.46. The standard InChI is InChI=1S/C19H18N2O4/c22-18(20-14-6-7-16-17(10-14)25-11-24-16)8-5-13-9-12-3-1-2-4-15(12)21-19(13)23/h1-4,6-7,10,13H,5,8-9,11H2,(H,20,22)(H,21,23)/t13-/m1/s1. The van der Waals surface area contributed by atoms with Crippen molar-refractivity contribution in [1.82, 2.24) is 0 Å². The van der Waals surface area contributed by atoms with E-state index in [9.17, 15) is 9.59 Å². The van der Waals surface area contributed by atoms with Gasteiger partial charge in [0.05, 0.1) is 0 Å². The van der Waals surface area contributed by atoms with Gasteiger partial charge in [-0.3, -0.25) is 9.59 Å². The first kappa shape index (κ1) is 15.5. The maximum atomic E-state index is 12.2. The minimum Gasteiger partial charge on any atom is -0.454 e. The number of carbonyl (C=O) groups is 2. The van der Waals surface area contributed by atoms with E-state index in [4.69, 9.17) is 9.47 Å². The van der Waals surface area contributed by atoms with Crippen molar-refractivity contribution in [2.45, 2.75) is 19.3 Å². The average Bonchev–Trinajstić information content (AvgIpc) is 3.07. The van der Waals surface area contributed by atoms with Crippen LogP contribution < -0.4 is 20.1 Å². The number of carbonyl (C=O) groups excluding carboxylic acids is 2. The van der Waals surface area contributed by atoms with E-state index < -0.39 is 0 Å². The number of rotatable bonds is 4. The van der Waals surface area contributed by atoms with Gasteiger partial charge in [-0.2, -0.15) is 0 Å². The molecule has 6 nitrogen and oxygen atoms in total. The monoisotopic (exact) mass is 338 g/mol. The maximum Gasteiger partial charge on any atom is 0.231 e. The molecular formula is C19H18N2O4. The SMILES string of the molecule is O=C(CC[C@@H]1Cc2ccccc2NC1=O)Nc1ccc2c(c1)OCO2. The Kier molecular flexibility index (Phi) is 4.01. The molecule has 1 atom stereocenters. The van der Waals surface area contributed by atoms with Gasteiger partial charge < -0.3 is 20.1 Å². The minimum absolute atomic E-state index is 0.0189. The summed E-state index contributed by atoms with van der Waals surface area (Å²) in [4.78, 5) is 24.4. The molecule has 128 valence electrons. The van der Waals surface area contributed by atoms with Crippen LogP contribution in [-0.2, 0) is 16.0 Å². The quantitative estimate of drug-likeness (QED) is 0.899. The molecule has 0 fully saturated rings. The van der Waals surface area contributed by atoms with E-state index in [1.54, 1.807) is 18.2 Å². The molecule has 0 spiro atoms. The number of ether oxygens (including phenoxy) is 2. The highest BCUT2D eigenvalue weighted by Gasteiger charge is 2.26. The Labute approximate surface area is 145 Å². The Morgan fingerprint density at radius 3 is 2.92 bits per heavy atom. The Balaban J connectivity index is 1.34. The lowest BCUT2D eigenvalue weighted by Crippen LogP contribution is -2.30. The fourth-order valence-corrected chi connectivity index (χ4v) is 3.15. The number of benzene rings is 2. The lowest BCUT2D eigenvalue weighted by Gasteiger charge is -2.24. The second-order valence-corrected chi connectivity index (χ2v) is 6.20. The first-order chi connectivity index (χ1) is 12.2. The highest BCUT2D eigenvalue weighted by molar-refractivity contribution is 5.96. The van der Waals surface area contributed by atoms with Crippen molar-refractivity contribution in [1.29, 1.82) is 0 Å². The molecule has 2 N–H and O–H groups in total. The smallest absolute Gasteiger partial charge is 0.231 e. The van der Waals surface area contributed by atoms with Crippen LogP contribution in [0.25, 0.3) is 0 Å². The normalized spacial score (nSPS) is 17.6. The summed E-state index contributed by atoms with van der Waals surface area (Å²) < 4.78 is 10.5. The molecule has 6 heteroatoms. The summed E-state index contributed by atoms with van der Waals surface area (Å²) in [5.74, 6) is 0.981. The summed E-state index contributed by atoms with van der Waals surface area (Å²) in [5.41, 5.74) is 2.64. The molecule has 0 aliphatic carbocycles. The van der Waals surface area contributed by atoms with Crippen molar-refractivity contribution in [3.05, 3.63) is 48.0 Å².